The first-order valence-electron chi connectivity index (χ1n) is 8.08. The second kappa shape index (κ2) is 7.96. The molecule has 2 unspecified atom stereocenters. The van der Waals surface area contributed by atoms with Crippen molar-refractivity contribution in [1.29, 1.82) is 0 Å². The quantitative estimate of drug-likeness (QED) is 0.742. The molecule has 3 N–H and O–H groups in total. The number of rotatable bonds is 6. The van der Waals surface area contributed by atoms with Crippen molar-refractivity contribution in [1.82, 2.24) is 20.6 Å². The van der Waals surface area contributed by atoms with Gasteiger partial charge in [0.05, 0.1) is 6.33 Å². The van der Waals surface area contributed by atoms with Crippen molar-refractivity contribution in [2.75, 3.05) is 7.05 Å². The van der Waals surface area contributed by atoms with Crippen LogP contribution in [0, 0.1) is 11.8 Å². The Morgan fingerprint density at radius 2 is 2.18 bits per heavy atom. The molecule has 0 spiro atoms. The Bertz CT molecular complexity index is 486. The average molecular weight is 306 g/mol. The average Bonchev–Trinajstić information content (AvgIpc) is 3.01. The summed E-state index contributed by atoms with van der Waals surface area (Å²) in [6, 6.07) is -0.558. The Kier molecular flexibility index (Phi) is 5.98. The number of aromatic nitrogens is 2. The topological polar surface area (TPSA) is 86.9 Å². The van der Waals surface area contributed by atoms with Crippen LogP contribution in [-0.4, -0.2) is 34.9 Å². The zero-order valence-corrected chi connectivity index (χ0v) is 13.4. The summed E-state index contributed by atoms with van der Waals surface area (Å²) in [4.78, 5) is 31.2. The van der Waals surface area contributed by atoms with Crippen LogP contribution in [0.3, 0.4) is 0 Å². The highest BCUT2D eigenvalue weighted by molar-refractivity contribution is 5.87. The van der Waals surface area contributed by atoms with Crippen LogP contribution in [0.4, 0.5) is 0 Å². The van der Waals surface area contributed by atoms with E-state index in [0.29, 0.717) is 24.7 Å². The molecule has 1 fully saturated rings. The highest BCUT2D eigenvalue weighted by Crippen LogP contribution is 2.31. The number of hydrogen-bond donors (Lipinski definition) is 3. The lowest BCUT2D eigenvalue weighted by Crippen LogP contribution is -2.47. The first-order chi connectivity index (χ1) is 10.6. The molecule has 0 radical (unpaired) electrons. The van der Waals surface area contributed by atoms with Gasteiger partial charge in [0.25, 0.3) is 0 Å². The van der Waals surface area contributed by atoms with Crippen LogP contribution in [0.25, 0.3) is 0 Å². The zero-order chi connectivity index (χ0) is 15.9. The number of carbonyl (C=O) groups is 2. The molecule has 1 saturated carbocycles. The summed E-state index contributed by atoms with van der Waals surface area (Å²) in [5.74, 6) is 0.809. The summed E-state index contributed by atoms with van der Waals surface area (Å²) in [5.41, 5.74) is 0.833. The van der Waals surface area contributed by atoms with Crippen LogP contribution in [0.2, 0.25) is 0 Å². The van der Waals surface area contributed by atoms with Crippen molar-refractivity contribution in [2.24, 2.45) is 11.8 Å². The standard InChI is InChI=1S/C16H26N4O2/c1-11-5-3-4-6-12(11)7-15(21)20-14(16(22)17-2)8-13-9-18-10-19-13/h9-12,14H,3-8H2,1-2H3,(H,17,22)(H,18,19)(H,20,21)/t11?,12?,14-/m0/s1. The number of hydrogen-bond acceptors (Lipinski definition) is 3. The fourth-order valence-corrected chi connectivity index (χ4v) is 3.19. The first-order valence-corrected chi connectivity index (χ1v) is 8.08. The molecular weight excluding hydrogens is 280 g/mol. The van der Waals surface area contributed by atoms with Gasteiger partial charge in [-0.1, -0.05) is 26.2 Å². The van der Waals surface area contributed by atoms with E-state index < -0.39 is 6.04 Å². The Labute approximate surface area is 131 Å². The Hall–Kier alpha value is -1.85. The summed E-state index contributed by atoms with van der Waals surface area (Å²) < 4.78 is 0. The fourth-order valence-electron chi connectivity index (χ4n) is 3.19. The Morgan fingerprint density at radius 1 is 1.41 bits per heavy atom. The van der Waals surface area contributed by atoms with Crippen molar-refractivity contribution >= 4 is 11.8 Å². The number of likely N-dealkylation sites (N-methyl/N-ethyl adjacent to an activating group) is 1. The molecule has 1 heterocycles. The molecule has 1 aromatic heterocycles. The third-order valence-electron chi connectivity index (χ3n) is 4.61. The van der Waals surface area contributed by atoms with Gasteiger partial charge < -0.3 is 15.6 Å². The van der Waals surface area contributed by atoms with Crippen molar-refractivity contribution in [3.63, 3.8) is 0 Å². The second-order valence-corrected chi connectivity index (χ2v) is 6.24. The summed E-state index contributed by atoms with van der Waals surface area (Å²) in [5, 5.41) is 5.48. The van der Waals surface area contributed by atoms with E-state index in [-0.39, 0.29) is 11.8 Å². The van der Waals surface area contributed by atoms with Gasteiger partial charge in [-0.3, -0.25) is 9.59 Å². The van der Waals surface area contributed by atoms with E-state index in [1.165, 1.54) is 19.3 Å². The molecule has 0 bridgehead atoms. The molecule has 22 heavy (non-hydrogen) atoms. The van der Waals surface area contributed by atoms with Crippen LogP contribution in [0.1, 0.15) is 44.7 Å². The molecule has 6 heteroatoms. The van der Waals surface area contributed by atoms with Crippen LogP contribution in [-0.2, 0) is 16.0 Å². The van der Waals surface area contributed by atoms with Gasteiger partial charge in [-0.15, -0.1) is 0 Å². The van der Waals surface area contributed by atoms with E-state index in [9.17, 15) is 9.59 Å². The smallest absolute Gasteiger partial charge is 0.242 e. The SMILES string of the molecule is CNC(=O)[C@H](Cc1cnc[nH]1)NC(=O)CC1CCCCC1C. The monoisotopic (exact) mass is 306 g/mol. The highest BCUT2D eigenvalue weighted by atomic mass is 16.2. The molecule has 3 atom stereocenters. The van der Waals surface area contributed by atoms with Crippen molar-refractivity contribution in [3.05, 3.63) is 18.2 Å². The van der Waals surface area contributed by atoms with Gasteiger partial charge in [0.1, 0.15) is 6.04 Å². The maximum atomic E-state index is 12.3. The molecule has 2 amide bonds. The van der Waals surface area contributed by atoms with E-state index in [1.807, 2.05) is 0 Å². The van der Waals surface area contributed by atoms with Crippen molar-refractivity contribution < 1.29 is 9.59 Å². The van der Waals surface area contributed by atoms with E-state index in [1.54, 1.807) is 19.6 Å². The Balaban J connectivity index is 1.91. The summed E-state index contributed by atoms with van der Waals surface area (Å²) in [6.45, 7) is 2.22. The molecule has 1 aliphatic rings. The lowest BCUT2D eigenvalue weighted by Gasteiger charge is -2.28. The van der Waals surface area contributed by atoms with Crippen LogP contribution in [0.5, 0.6) is 0 Å². The van der Waals surface area contributed by atoms with Crippen LogP contribution < -0.4 is 10.6 Å². The van der Waals surface area contributed by atoms with Crippen molar-refractivity contribution in [2.45, 2.75) is 51.5 Å². The zero-order valence-electron chi connectivity index (χ0n) is 13.4. The first kappa shape index (κ1) is 16.5. The minimum atomic E-state index is -0.558. The van der Waals surface area contributed by atoms with E-state index in [4.69, 9.17) is 0 Å². The molecule has 2 rings (SSSR count). The molecule has 1 aromatic rings. The van der Waals surface area contributed by atoms with Crippen molar-refractivity contribution in [3.8, 4) is 0 Å². The van der Waals surface area contributed by atoms with E-state index in [2.05, 4.69) is 27.5 Å². The van der Waals surface area contributed by atoms with Gasteiger partial charge in [0, 0.05) is 31.8 Å². The third kappa shape index (κ3) is 4.58. The lowest BCUT2D eigenvalue weighted by molar-refractivity contribution is -0.129. The third-order valence-corrected chi connectivity index (χ3v) is 4.61. The van der Waals surface area contributed by atoms with E-state index in [0.717, 1.165) is 12.1 Å². The number of nitrogens with zero attached hydrogens (tertiary/aromatic N) is 1. The maximum Gasteiger partial charge on any atom is 0.242 e. The summed E-state index contributed by atoms with van der Waals surface area (Å²) in [6.07, 6.45) is 8.95. The second-order valence-electron chi connectivity index (χ2n) is 6.24. The van der Waals surface area contributed by atoms with Crippen LogP contribution in [0.15, 0.2) is 12.5 Å². The van der Waals surface area contributed by atoms with Gasteiger partial charge in [-0.05, 0) is 18.3 Å². The number of nitrogens with one attached hydrogen (secondary N) is 3. The minimum absolute atomic E-state index is 0.0353. The molecule has 6 nitrogen and oxygen atoms in total. The number of H-pyrrole nitrogens is 1. The highest BCUT2D eigenvalue weighted by Gasteiger charge is 2.26. The summed E-state index contributed by atoms with van der Waals surface area (Å²) >= 11 is 0. The molecule has 0 saturated heterocycles. The number of aromatic amines is 1. The number of carbonyl (C=O) groups excluding carboxylic acids is 2. The molecule has 0 aliphatic heterocycles. The molecule has 1 aliphatic carbocycles. The van der Waals surface area contributed by atoms with Gasteiger partial charge in [-0.25, -0.2) is 4.98 Å². The normalized spacial score (nSPS) is 22.8. The van der Waals surface area contributed by atoms with Gasteiger partial charge in [0.15, 0.2) is 0 Å². The minimum Gasteiger partial charge on any atom is -0.357 e. The van der Waals surface area contributed by atoms with Crippen LogP contribution >= 0.6 is 0 Å². The molecule has 122 valence electrons. The lowest BCUT2D eigenvalue weighted by atomic mass is 9.78. The largest absolute Gasteiger partial charge is 0.357 e. The molecule has 0 aromatic carbocycles. The predicted molar refractivity (Wildman–Crippen MR) is 84.0 cm³/mol. The predicted octanol–water partition coefficient (Wildman–Crippen LogP) is 1.40. The number of imidazole rings is 1. The van der Waals surface area contributed by atoms with Gasteiger partial charge in [0.2, 0.25) is 11.8 Å². The van der Waals surface area contributed by atoms with Gasteiger partial charge in [-0.2, -0.15) is 0 Å². The van der Waals surface area contributed by atoms with Gasteiger partial charge >= 0.3 is 0 Å². The Morgan fingerprint density at radius 3 is 2.82 bits per heavy atom. The maximum absolute atomic E-state index is 12.3. The number of amides is 2. The van der Waals surface area contributed by atoms with E-state index >= 15 is 0 Å². The fraction of sp³-hybridized carbons (Fsp3) is 0.688. The summed E-state index contributed by atoms with van der Waals surface area (Å²) in [7, 11) is 1.58. The molecular formula is C16H26N4O2.